The third-order valence-electron chi connectivity index (χ3n) is 5.37. The molecule has 0 bridgehead atoms. The molecule has 2 fully saturated rings. The van der Waals surface area contributed by atoms with Crippen LogP contribution in [0.2, 0.25) is 0 Å². The minimum Gasteiger partial charge on any atom is -0.423 e. The Morgan fingerprint density at radius 2 is 2.28 bits per heavy atom. The second kappa shape index (κ2) is 2.80. The number of carbonyl (C=O) groups excluding carboxylic acids is 1. The highest BCUT2D eigenvalue weighted by Gasteiger charge is 2.66. The zero-order chi connectivity index (χ0) is 12.8. The minimum absolute atomic E-state index is 0.0458. The average molecular weight is 244 g/mol. The van der Waals surface area contributed by atoms with Crippen LogP contribution in [0.1, 0.15) is 20.3 Å². The van der Waals surface area contributed by atoms with E-state index in [1.165, 1.54) is 0 Å². The number of ether oxygens (including phenoxy) is 1. The van der Waals surface area contributed by atoms with E-state index >= 15 is 0 Å². The number of carbonyl (C=O) groups is 1. The maximum absolute atomic E-state index is 11.6. The third kappa shape index (κ3) is 0.948. The van der Waals surface area contributed by atoms with Crippen molar-refractivity contribution in [3.05, 3.63) is 35.1 Å². The molecule has 0 spiro atoms. The van der Waals surface area contributed by atoms with Gasteiger partial charge in [-0.15, -0.1) is 0 Å². The van der Waals surface area contributed by atoms with E-state index in [1.54, 1.807) is 6.92 Å². The number of hydrogen-bond donors (Lipinski definition) is 1. The molecule has 0 aromatic carbocycles. The predicted molar refractivity (Wildman–Crippen MR) is 65.2 cm³/mol. The Balaban J connectivity index is 1.93. The fourth-order valence-electron chi connectivity index (χ4n) is 4.34. The monoisotopic (exact) mass is 244 g/mol. The van der Waals surface area contributed by atoms with Gasteiger partial charge in [-0.3, -0.25) is 0 Å². The summed E-state index contributed by atoms with van der Waals surface area (Å²) in [5, 5.41) is 10.6. The molecule has 0 radical (unpaired) electrons. The Hall–Kier alpha value is -1.35. The van der Waals surface area contributed by atoms with Gasteiger partial charge in [0.2, 0.25) is 0 Å². The van der Waals surface area contributed by atoms with Crippen molar-refractivity contribution in [3.8, 4) is 0 Å². The fraction of sp³-hybridized carbons (Fsp3) is 0.533. The summed E-state index contributed by atoms with van der Waals surface area (Å²) in [6.45, 7) is 8.06. The molecule has 0 amide bonds. The van der Waals surface area contributed by atoms with E-state index in [9.17, 15) is 9.90 Å². The summed E-state index contributed by atoms with van der Waals surface area (Å²) in [4.78, 5) is 11.6. The quantitative estimate of drug-likeness (QED) is 0.523. The Labute approximate surface area is 106 Å². The van der Waals surface area contributed by atoms with Crippen LogP contribution in [-0.4, -0.2) is 17.2 Å². The van der Waals surface area contributed by atoms with Crippen LogP contribution in [0.25, 0.3) is 0 Å². The molecule has 0 aromatic rings. The summed E-state index contributed by atoms with van der Waals surface area (Å²) in [5.74, 6) is 1.44. The van der Waals surface area contributed by atoms with E-state index in [2.05, 4.69) is 19.6 Å². The zero-order valence-corrected chi connectivity index (χ0v) is 10.6. The van der Waals surface area contributed by atoms with Crippen LogP contribution in [0.5, 0.6) is 0 Å². The first-order chi connectivity index (χ1) is 8.45. The van der Waals surface area contributed by atoms with Crippen LogP contribution in [0.15, 0.2) is 35.1 Å². The van der Waals surface area contributed by atoms with Gasteiger partial charge >= 0.3 is 5.97 Å². The maximum Gasteiger partial charge on any atom is 0.339 e. The summed E-state index contributed by atoms with van der Waals surface area (Å²) < 4.78 is 5.28. The SMILES string of the molecule is C=C1C2CC2C2(C)C=C3OC(=O)C(C)=C3C(O)C12. The number of fused-ring (bicyclic) bond motifs is 4. The van der Waals surface area contributed by atoms with Crippen molar-refractivity contribution < 1.29 is 14.6 Å². The molecule has 18 heavy (non-hydrogen) atoms. The average Bonchev–Trinajstić information content (AvgIpc) is 2.98. The molecule has 1 heterocycles. The highest BCUT2D eigenvalue weighted by Crippen LogP contribution is 2.70. The lowest BCUT2D eigenvalue weighted by molar-refractivity contribution is -0.133. The van der Waals surface area contributed by atoms with Gasteiger partial charge in [-0.25, -0.2) is 4.79 Å². The van der Waals surface area contributed by atoms with Gasteiger partial charge in [0.1, 0.15) is 5.76 Å². The van der Waals surface area contributed by atoms with Crippen molar-refractivity contribution in [2.45, 2.75) is 26.4 Å². The lowest BCUT2D eigenvalue weighted by Gasteiger charge is -2.40. The van der Waals surface area contributed by atoms with Crippen molar-refractivity contribution in [2.24, 2.45) is 23.2 Å². The standard InChI is InChI=1S/C15H16O3/c1-6-8-4-9(8)15(3)5-10-11(13(16)12(6)15)7(2)14(17)18-10/h5,8-9,12-13,16H,1,4H2,2-3H3. The van der Waals surface area contributed by atoms with Gasteiger partial charge in [-0.1, -0.05) is 19.1 Å². The topological polar surface area (TPSA) is 46.5 Å². The van der Waals surface area contributed by atoms with E-state index < -0.39 is 6.10 Å². The first-order valence-corrected chi connectivity index (χ1v) is 6.48. The van der Waals surface area contributed by atoms with Gasteiger partial charge in [-0.05, 0) is 31.3 Å². The van der Waals surface area contributed by atoms with Crippen molar-refractivity contribution in [1.82, 2.24) is 0 Å². The van der Waals surface area contributed by atoms with Gasteiger partial charge in [0.05, 0.1) is 6.10 Å². The molecule has 0 saturated heterocycles. The molecule has 3 heteroatoms. The Bertz CT molecular complexity index is 568. The van der Waals surface area contributed by atoms with E-state index in [0.29, 0.717) is 28.7 Å². The molecule has 4 rings (SSSR count). The van der Waals surface area contributed by atoms with Crippen molar-refractivity contribution in [3.63, 3.8) is 0 Å². The second-order valence-electron chi connectivity index (χ2n) is 6.25. The van der Waals surface area contributed by atoms with Crippen molar-refractivity contribution in [2.75, 3.05) is 0 Å². The summed E-state index contributed by atoms with van der Waals surface area (Å²) in [6, 6.07) is 0. The number of aliphatic hydroxyl groups excluding tert-OH is 1. The molecule has 5 unspecified atom stereocenters. The molecule has 4 aliphatic rings. The predicted octanol–water partition coefficient (Wildman–Crippen LogP) is 1.95. The molecule has 1 aliphatic heterocycles. The summed E-state index contributed by atoms with van der Waals surface area (Å²) in [7, 11) is 0. The molecule has 94 valence electrons. The Kier molecular flexibility index (Phi) is 1.64. The van der Waals surface area contributed by atoms with Crippen LogP contribution >= 0.6 is 0 Å². The third-order valence-corrected chi connectivity index (χ3v) is 5.37. The Morgan fingerprint density at radius 3 is 3.00 bits per heavy atom. The molecular weight excluding hydrogens is 228 g/mol. The van der Waals surface area contributed by atoms with Gasteiger partial charge in [0.25, 0.3) is 0 Å². The number of esters is 1. The van der Waals surface area contributed by atoms with Crippen molar-refractivity contribution >= 4 is 5.97 Å². The highest BCUT2D eigenvalue weighted by molar-refractivity contribution is 5.94. The summed E-state index contributed by atoms with van der Waals surface area (Å²) in [5.41, 5.74) is 2.30. The zero-order valence-electron chi connectivity index (χ0n) is 10.6. The molecule has 1 N–H and O–H groups in total. The highest BCUT2D eigenvalue weighted by atomic mass is 16.5. The van der Waals surface area contributed by atoms with Gasteiger partial charge in [0, 0.05) is 22.5 Å². The first kappa shape index (κ1) is 10.6. The molecular formula is C15H16O3. The summed E-state index contributed by atoms with van der Waals surface area (Å²) in [6.07, 6.45) is 2.59. The van der Waals surface area contributed by atoms with Crippen LogP contribution in [0.4, 0.5) is 0 Å². The smallest absolute Gasteiger partial charge is 0.339 e. The van der Waals surface area contributed by atoms with Crippen molar-refractivity contribution in [1.29, 1.82) is 0 Å². The first-order valence-electron chi connectivity index (χ1n) is 6.48. The van der Waals surface area contributed by atoms with Crippen LogP contribution < -0.4 is 0 Å². The largest absolute Gasteiger partial charge is 0.423 e. The van der Waals surface area contributed by atoms with Crippen LogP contribution in [-0.2, 0) is 9.53 Å². The molecule has 3 nitrogen and oxygen atoms in total. The van der Waals surface area contributed by atoms with Crippen LogP contribution in [0.3, 0.4) is 0 Å². The number of rotatable bonds is 0. The molecule has 5 atom stereocenters. The van der Waals surface area contributed by atoms with E-state index in [1.807, 2.05) is 0 Å². The number of allylic oxidation sites excluding steroid dienone is 1. The van der Waals surface area contributed by atoms with E-state index in [-0.39, 0.29) is 17.3 Å². The van der Waals surface area contributed by atoms with Gasteiger partial charge in [-0.2, -0.15) is 0 Å². The maximum atomic E-state index is 11.6. The second-order valence-corrected chi connectivity index (χ2v) is 6.25. The number of hydrogen-bond acceptors (Lipinski definition) is 3. The molecule has 2 saturated carbocycles. The van der Waals surface area contributed by atoms with E-state index in [0.717, 1.165) is 12.0 Å². The van der Waals surface area contributed by atoms with Crippen LogP contribution in [0, 0.1) is 23.2 Å². The normalized spacial score (nSPS) is 48.5. The summed E-state index contributed by atoms with van der Waals surface area (Å²) >= 11 is 0. The van der Waals surface area contributed by atoms with Gasteiger partial charge < -0.3 is 9.84 Å². The fourth-order valence-corrected chi connectivity index (χ4v) is 4.34. The van der Waals surface area contributed by atoms with E-state index in [4.69, 9.17) is 4.74 Å². The minimum atomic E-state index is -0.637. The lowest BCUT2D eigenvalue weighted by atomic mass is 9.66. The lowest BCUT2D eigenvalue weighted by Crippen LogP contribution is -2.39. The Morgan fingerprint density at radius 1 is 1.56 bits per heavy atom. The molecule has 3 aliphatic carbocycles. The molecule has 0 aromatic heterocycles. The number of aliphatic hydroxyl groups is 1. The van der Waals surface area contributed by atoms with Gasteiger partial charge in [0.15, 0.2) is 0 Å².